The van der Waals surface area contributed by atoms with Crippen LogP contribution in [0.5, 0.6) is 5.88 Å². The zero-order valence-corrected chi connectivity index (χ0v) is 11.9. The molecule has 0 aromatic carbocycles. The van der Waals surface area contributed by atoms with Crippen LogP contribution in [0.4, 0.5) is 5.82 Å². The topological polar surface area (TPSA) is 69.2 Å². The van der Waals surface area contributed by atoms with E-state index in [1.54, 1.807) is 20.4 Å². The van der Waals surface area contributed by atoms with Gasteiger partial charge in [-0.05, 0) is 5.56 Å². The van der Waals surface area contributed by atoms with Crippen molar-refractivity contribution in [2.45, 2.75) is 13.0 Å². The van der Waals surface area contributed by atoms with E-state index < -0.39 is 0 Å². The number of hydrogen-bond donors (Lipinski definition) is 1. The van der Waals surface area contributed by atoms with E-state index in [1.165, 1.54) is 0 Å². The van der Waals surface area contributed by atoms with E-state index in [9.17, 15) is 0 Å². The molecule has 0 aliphatic rings. The minimum absolute atomic E-state index is 0.463. The molecule has 0 atom stereocenters. The smallest absolute Gasteiger partial charge is 0.212 e. The van der Waals surface area contributed by atoms with Gasteiger partial charge in [0.1, 0.15) is 11.6 Å². The Bertz CT molecular complexity index is 558. The summed E-state index contributed by atoms with van der Waals surface area (Å²) in [6.45, 7) is 0.463. The Kier molecular flexibility index (Phi) is 4.84. The zero-order chi connectivity index (χ0) is 14.4. The van der Waals surface area contributed by atoms with Crippen LogP contribution in [-0.4, -0.2) is 36.2 Å². The molecule has 0 aliphatic carbocycles. The number of nitrogens with one attached hydrogen (secondary N) is 1. The van der Waals surface area contributed by atoms with Crippen molar-refractivity contribution in [3.8, 4) is 5.88 Å². The van der Waals surface area contributed by atoms with Gasteiger partial charge in [0.05, 0.1) is 19.4 Å². The molecule has 2 heterocycles. The monoisotopic (exact) mass is 274 g/mol. The second-order valence-electron chi connectivity index (χ2n) is 4.23. The fourth-order valence-corrected chi connectivity index (χ4v) is 1.80. The molecule has 0 saturated carbocycles. The van der Waals surface area contributed by atoms with Crippen LogP contribution in [0, 0.1) is 0 Å². The van der Waals surface area contributed by atoms with Gasteiger partial charge in [0.25, 0.3) is 0 Å². The van der Waals surface area contributed by atoms with Gasteiger partial charge in [-0.2, -0.15) is 0 Å². The van der Waals surface area contributed by atoms with Gasteiger partial charge in [0.2, 0.25) is 5.88 Å². The third kappa shape index (κ3) is 3.64. The lowest BCUT2D eigenvalue weighted by Crippen LogP contribution is -2.05. The largest absolute Gasteiger partial charge is 0.481 e. The highest BCUT2D eigenvalue weighted by Crippen LogP contribution is 2.13. The summed E-state index contributed by atoms with van der Waals surface area (Å²) in [6, 6.07) is 5.66. The van der Waals surface area contributed by atoms with Crippen LogP contribution in [0.1, 0.15) is 17.1 Å². The van der Waals surface area contributed by atoms with Gasteiger partial charge >= 0.3 is 0 Å². The van der Waals surface area contributed by atoms with Crippen LogP contribution >= 0.6 is 0 Å². The SMILES string of the molecule is CNc1cc(COC)nc(Cc2ccc(OC)nc2)n1. The molecule has 2 aromatic rings. The van der Waals surface area contributed by atoms with E-state index >= 15 is 0 Å². The van der Waals surface area contributed by atoms with Crippen molar-refractivity contribution in [1.29, 1.82) is 0 Å². The van der Waals surface area contributed by atoms with E-state index in [1.807, 2.05) is 25.2 Å². The van der Waals surface area contributed by atoms with Crippen molar-refractivity contribution >= 4 is 5.82 Å². The summed E-state index contributed by atoms with van der Waals surface area (Å²) in [5, 5.41) is 3.03. The molecule has 0 spiro atoms. The Morgan fingerprint density at radius 1 is 1.20 bits per heavy atom. The molecule has 0 bridgehead atoms. The van der Waals surface area contributed by atoms with Crippen LogP contribution in [0.25, 0.3) is 0 Å². The molecule has 1 N–H and O–H groups in total. The van der Waals surface area contributed by atoms with Gasteiger partial charge in [0, 0.05) is 38.9 Å². The fraction of sp³-hybridized carbons (Fsp3) is 0.357. The van der Waals surface area contributed by atoms with Gasteiger partial charge in [-0.25, -0.2) is 15.0 Å². The second kappa shape index (κ2) is 6.81. The minimum Gasteiger partial charge on any atom is -0.481 e. The number of pyridine rings is 1. The summed E-state index contributed by atoms with van der Waals surface area (Å²) < 4.78 is 10.2. The first-order chi connectivity index (χ1) is 9.75. The second-order valence-corrected chi connectivity index (χ2v) is 4.23. The van der Waals surface area contributed by atoms with Gasteiger partial charge in [-0.15, -0.1) is 0 Å². The number of aromatic nitrogens is 3. The maximum absolute atomic E-state index is 5.12. The van der Waals surface area contributed by atoms with Gasteiger partial charge in [-0.1, -0.05) is 6.07 Å². The van der Waals surface area contributed by atoms with E-state index in [4.69, 9.17) is 9.47 Å². The first-order valence-corrected chi connectivity index (χ1v) is 6.27. The molecule has 0 unspecified atom stereocenters. The number of ether oxygens (including phenoxy) is 2. The molecule has 6 heteroatoms. The van der Waals surface area contributed by atoms with Crippen molar-refractivity contribution in [3.63, 3.8) is 0 Å². The number of anilines is 1. The molecule has 0 saturated heterocycles. The highest BCUT2D eigenvalue weighted by molar-refractivity contribution is 5.36. The molecule has 6 nitrogen and oxygen atoms in total. The molecule has 0 fully saturated rings. The highest BCUT2D eigenvalue weighted by atomic mass is 16.5. The van der Waals surface area contributed by atoms with Crippen molar-refractivity contribution in [2.24, 2.45) is 0 Å². The summed E-state index contributed by atoms with van der Waals surface area (Å²) in [7, 11) is 5.07. The summed E-state index contributed by atoms with van der Waals surface area (Å²) in [5.74, 6) is 2.11. The van der Waals surface area contributed by atoms with Gasteiger partial charge in [0.15, 0.2) is 0 Å². The molecule has 0 radical (unpaired) electrons. The third-order valence-electron chi connectivity index (χ3n) is 2.74. The third-order valence-corrected chi connectivity index (χ3v) is 2.74. The summed E-state index contributed by atoms with van der Waals surface area (Å²) in [5.41, 5.74) is 1.88. The van der Waals surface area contributed by atoms with E-state index in [0.717, 1.165) is 22.9 Å². The summed E-state index contributed by atoms with van der Waals surface area (Å²) in [6.07, 6.45) is 2.38. The van der Waals surface area contributed by atoms with E-state index in [0.29, 0.717) is 18.9 Å². The number of methoxy groups -OCH3 is 2. The minimum atomic E-state index is 0.463. The zero-order valence-electron chi connectivity index (χ0n) is 11.9. The molecule has 20 heavy (non-hydrogen) atoms. The Morgan fingerprint density at radius 2 is 2.05 bits per heavy atom. The lowest BCUT2D eigenvalue weighted by atomic mass is 10.2. The number of rotatable bonds is 6. The molecule has 106 valence electrons. The van der Waals surface area contributed by atoms with Gasteiger partial charge in [-0.3, -0.25) is 0 Å². The standard InChI is InChI=1S/C14H18N4O2/c1-15-12-7-11(9-19-2)17-13(18-12)6-10-4-5-14(20-3)16-8-10/h4-5,7-8H,6,9H2,1-3H3,(H,15,17,18). The predicted molar refractivity (Wildman–Crippen MR) is 75.9 cm³/mol. The average molecular weight is 274 g/mol. The van der Waals surface area contributed by atoms with Crippen LogP contribution in [-0.2, 0) is 17.8 Å². The fourth-order valence-electron chi connectivity index (χ4n) is 1.80. The van der Waals surface area contributed by atoms with Gasteiger partial charge < -0.3 is 14.8 Å². The number of hydrogen-bond acceptors (Lipinski definition) is 6. The maximum atomic E-state index is 5.12. The maximum Gasteiger partial charge on any atom is 0.212 e. The van der Waals surface area contributed by atoms with Crippen molar-refractivity contribution in [1.82, 2.24) is 15.0 Å². The van der Waals surface area contributed by atoms with Crippen molar-refractivity contribution < 1.29 is 9.47 Å². The Morgan fingerprint density at radius 3 is 2.65 bits per heavy atom. The predicted octanol–water partition coefficient (Wildman–Crippen LogP) is 1.66. The molecular weight excluding hydrogens is 256 g/mol. The van der Waals surface area contributed by atoms with Crippen LogP contribution in [0.3, 0.4) is 0 Å². The molecule has 0 amide bonds. The highest BCUT2D eigenvalue weighted by Gasteiger charge is 2.06. The Labute approximate surface area is 118 Å². The van der Waals surface area contributed by atoms with Crippen LogP contribution < -0.4 is 10.1 Å². The van der Waals surface area contributed by atoms with Crippen LogP contribution in [0.2, 0.25) is 0 Å². The van der Waals surface area contributed by atoms with Crippen molar-refractivity contribution in [2.75, 3.05) is 26.6 Å². The van der Waals surface area contributed by atoms with Crippen LogP contribution in [0.15, 0.2) is 24.4 Å². The summed E-state index contributed by atoms with van der Waals surface area (Å²) in [4.78, 5) is 13.1. The Hall–Kier alpha value is -2.21. The molecule has 0 aliphatic heterocycles. The quantitative estimate of drug-likeness (QED) is 0.864. The first-order valence-electron chi connectivity index (χ1n) is 6.27. The number of nitrogens with zero attached hydrogens (tertiary/aromatic N) is 3. The molecule has 2 aromatic heterocycles. The van der Waals surface area contributed by atoms with E-state index in [-0.39, 0.29) is 0 Å². The lowest BCUT2D eigenvalue weighted by Gasteiger charge is -2.07. The van der Waals surface area contributed by atoms with Crippen molar-refractivity contribution in [3.05, 3.63) is 41.5 Å². The average Bonchev–Trinajstić information content (AvgIpc) is 2.48. The Balaban J connectivity index is 2.20. The molecular formula is C14H18N4O2. The van der Waals surface area contributed by atoms with E-state index in [2.05, 4.69) is 20.3 Å². The first kappa shape index (κ1) is 14.2. The molecule has 2 rings (SSSR count). The lowest BCUT2D eigenvalue weighted by molar-refractivity contribution is 0.181. The normalized spacial score (nSPS) is 10.3. The summed E-state index contributed by atoms with van der Waals surface area (Å²) >= 11 is 0.